The largest absolute Gasteiger partial charge is 0.383 e. The topological polar surface area (TPSA) is 73.5 Å². The highest BCUT2D eigenvalue weighted by Gasteiger charge is 2.11. The van der Waals surface area contributed by atoms with Crippen molar-refractivity contribution in [1.29, 1.82) is 0 Å². The molecule has 110 valence electrons. The van der Waals surface area contributed by atoms with Gasteiger partial charge in [0.05, 0.1) is 25.1 Å². The van der Waals surface area contributed by atoms with Crippen molar-refractivity contribution in [2.24, 2.45) is 0 Å². The van der Waals surface area contributed by atoms with Crippen molar-refractivity contribution < 1.29 is 9.47 Å². The molecular weight excluding hydrogens is 276 g/mol. The molecule has 0 spiro atoms. The number of rotatable bonds is 8. The Balaban J connectivity index is 2.09. The number of nitrogens with zero attached hydrogens (tertiary/aromatic N) is 3. The molecule has 2 rings (SSSR count). The first-order valence-corrected chi connectivity index (χ1v) is 7.32. The average Bonchev–Trinajstić information content (AvgIpc) is 2.90. The van der Waals surface area contributed by atoms with E-state index >= 15 is 0 Å². The summed E-state index contributed by atoms with van der Waals surface area (Å²) in [5.74, 6) is 1.29. The zero-order valence-corrected chi connectivity index (χ0v) is 12.7. The summed E-state index contributed by atoms with van der Waals surface area (Å²) in [6, 6.07) is 1.95. The second-order valence-corrected chi connectivity index (χ2v) is 5.32. The van der Waals surface area contributed by atoms with E-state index in [1.165, 1.54) is 0 Å². The number of thiophene rings is 1. The van der Waals surface area contributed by atoms with Gasteiger partial charge in [-0.1, -0.05) is 0 Å². The van der Waals surface area contributed by atoms with Gasteiger partial charge >= 0.3 is 0 Å². The van der Waals surface area contributed by atoms with Crippen LogP contribution in [0.15, 0.2) is 11.4 Å². The summed E-state index contributed by atoms with van der Waals surface area (Å²) < 4.78 is 10.3. The molecule has 0 bridgehead atoms. The van der Waals surface area contributed by atoms with Crippen molar-refractivity contribution in [2.45, 2.75) is 6.54 Å². The van der Waals surface area contributed by atoms with Crippen LogP contribution in [-0.4, -0.2) is 55.4 Å². The standard InChI is InChI=1S/C13H20N4O2S/c1-18-6-4-17(5-7-19-2)9-11-15-12(14)10-3-8-20-13(10)16-11/h3,8H,4-7,9H2,1-2H3,(H2,14,15,16). The molecule has 2 N–H and O–H groups in total. The van der Waals surface area contributed by atoms with Gasteiger partial charge in [0.15, 0.2) is 0 Å². The highest BCUT2D eigenvalue weighted by molar-refractivity contribution is 7.16. The van der Waals surface area contributed by atoms with E-state index in [0.717, 1.165) is 29.1 Å². The van der Waals surface area contributed by atoms with Crippen LogP contribution in [0.5, 0.6) is 0 Å². The molecule has 0 aliphatic heterocycles. The van der Waals surface area contributed by atoms with Crippen molar-refractivity contribution in [1.82, 2.24) is 14.9 Å². The van der Waals surface area contributed by atoms with Crippen molar-refractivity contribution in [3.05, 3.63) is 17.3 Å². The second-order valence-electron chi connectivity index (χ2n) is 4.43. The summed E-state index contributed by atoms with van der Waals surface area (Å²) in [5.41, 5.74) is 5.97. The van der Waals surface area contributed by atoms with Crippen molar-refractivity contribution in [3.63, 3.8) is 0 Å². The Kier molecular flexibility index (Phi) is 5.66. The van der Waals surface area contributed by atoms with Gasteiger partial charge in [-0.3, -0.25) is 4.90 Å². The Hall–Kier alpha value is -1.28. The van der Waals surface area contributed by atoms with E-state index in [0.29, 0.717) is 25.6 Å². The maximum atomic E-state index is 5.97. The van der Waals surface area contributed by atoms with Gasteiger partial charge in [0.1, 0.15) is 16.5 Å². The number of aromatic nitrogens is 2. The Bertz CT molecular complexity index is 538. The SMILES string of the molecule is COCCN(CCOC)Cc1nc(N)c2ccsc2n1. The lowest BCUT2D eigenvalue weighted by Gasteiger charge is -2.20. The van der Waals surface area contributed by atoms with Gasteiger partial charge < -0.3 is 15.2 Å². The van der Waals surface area contributed by atoms with Gasteiger partial charge in [-0.15, -0.1) is 11.3 Å². The van der Waals surface area contributed by atoms with Crippen molar-refractivity contribution in [3.8, 4) is 0 Å². The second kappa shape index (κ2) is 7.49. The minimum atomic E-state index is 0.546. The molecule has 0 amide bonds. The number of hydrogen-bond acceptors (Lipinski definition) is 7. The lowest BCUT2D eigenvalue weighted by atomic mass is 10.3. The number of methoxy groups -OCH3 is 2. The van der Waals surface area contributed by atoms with Crippen LogP contribution in [0.3, 0.4) is 0 Å². The Morgan fingerprint density at radius 1 is 1.20 bits per heavy atom. The van der Waals surface area contributed by atoms with E-state index in [-0.39, 0.29) is 0 Å². The summed E-state index contributed by atoms with van der Waals surface area (Å²) in [5, 5.41) is 2.91. The summed E-state index contributed by atoms with van der Waals surface area (Å²) in [6.07, 6.45) is 0. The van der Waals surface area contributed by atoms with Crippen LogP contribution in [0.1, 0.15) is 5.82 Å². The first-order valence-electron chi connectivity index (χ1n) is 6.44. The van der Waals surface area contributed by atoms with E-state index in [1.54, 1.807) is 25.6 Å². The monoisotopic (exact) mass is 296 g/mol. The molecule has 0 aliphatic rings. The predicted molar refractivity (Wildman–Crippen MR) is 80.9 cm³/mol. The lowest BCUT2D eigenvalue weighted by Crippen LogP contribution is -2.31. The fraction of sp³-hybridized carbons (Fsp3) is 0.538. The van der Waals surface area contributed by atoms with Crippen LogP contribution < -0.4 is 5.73 Å². The van der Waals surface area contributed by atoms with Crippen LogP contribution in [0.4, 0.5) is 5.82 Å². The van der Waals surface area contributed by atoms with Gasteiger partial charge in [-0.25, -0.2) is 9.97 Å². The van der Waals surface area contributed by atoms with Crippen LogP contribution >= 0.6 is 11.3 Å². The quantitative estimate of drug-likeness (QED) is 0.793. The zero-order chi connectivity index (χ0) is 14.4. The van der Waals surface area contributed by atoms with E-state index in [1.807, 2.05) is 11.4 Å². The fourth-order valence-corrected chi connectivity index (χ4v) is 2.70. The van der Waals surface area contributed by atoms with Gasteiger partial charge in [-0.2, -0.15) is 0 Å². The van der Waals surface area contributed by atoms with Gasteiger partial charge in [0, 0.05) is 27.3 Å². The molecule has 20 heavy (non-hydrogen) atoms. The Morgan fingerprint density at radius 2 is 1.90 bits per heavy atom. The lowest BCUT2D eigenvalue weighted by molar-refractivity contribution is 0.109. The maximum absolute atomic E-state index is 5.97. The molecule has 0 saturated heterocycles. The molecule has 6 nitrogen and oxygen atoms in total. The van der Waals surface area contributed by atoms with E-state index in [4.69, 9.17) is 15.2 Å². The molecule has 0 radical (unpaired) electrons. The van der Waals surface area contributed by atoms with Gasteiger partial charge in [-0.05, 0) is 11.4 Å². The normalized spacial score (nSPS) is 11.6. The third-order valence-electron chi connectivity index (χ3n) is 2.99. The molecule has 0 aliphatic carbocycles. The first kappa shape index (κ1) is 15.1. The van der Waals surface area contributed by atoms with Crippen molar-refractivity contribution >= 4 is 27.4 Å². The van der Waals surface area contributed by atoms with Crippen LogP contribution in [0.25, 0.3) is 10.2 Å². The minimum absolute atomic E-state index is 0.546. The van der Waals surface area contributed by atoms with Crippen LogP contribution in [0, 0.1) is 0 Å². The smallest absolute Gasteiger partial charge is 0.146 e. The predicted octanol–water partition coefficient (Wildman–Crippen LogP) is 1.37. The third kappa shape index (κ3) is 3.86. The number of fused-ring (bicyclic) bond motifs is 1. The summed E-state index contributed by atoms with van der Waals surface area (Å²) in [7, 11) is 3.39. The number of nitrogen functional groups attached to an aromatic ring is 1. The van der Waals surface area contributed by atoms with Gasteiger partial charge in [0.2, 0.25) is 0 Å². The van der Waals surface area contributed by atoms with Crippen LogP contribution in [-0.2, 0) is 16.0 Å². The summed E-state index contributed by atoms with van der Waals surface area (Å²) >= 11 is 1.58. The maximum Gasteiger partial charge on any atom is 0.146 e. The molecule has 0 atom stereocenters. The molecule has 0 saturated carbocycles. The zero-order valence-electron chi connectivity index (χ0n) is 11.8. The van der Waals surface area contributed by atoms with Gasteiger partial charge in [0.25, 0.3) is 0 Å². The highest BCUT2D eigenvalue weighted by atomic mass is 32.1. The minimum Gasteiger partial charge on any atom is -0.383 e. The Labute approximate surface area is 122 Å². The number of anilines is 1. The van der Waals surface area contributed by atoms with E-state index < -0.39 is 0 Å². The molecule has 7 heteroatoms. The molecule has 2 heterocycles. The highest BCUT2D eigenvalue weighted by Crippen LogP contribution is 2.23. The summed E-state index contributed by atoms with van der Waals surface area (Å²) in [6.45, 7) is 3.60. The average molecular weight is 296 g/mol. The summed E-state index contributed by atoms with van der Waals surface area (Å²) in [4.78, 5) is 12.1. The number of ether oxygens (including phenoxy) is 2. The number of nitrogens with two attached hydrogens (primary N) is 1. The molecular formula is C13H20N4O2S. The molecule has 0 aromatic carbocycles. The van der Waals surface area contributed by atoms with E-state index in [2.05, 4.69) is 14.9 Å². The van der Waals surface area contributed by atoms with E-state index in [9.17, 15) is 0 Å². The first-order chi connectivity index (χ1) is 9.74. The molecule has 2 aromatic heterocycles. The number of hydrogen-bond donors (Lipinski definition) is 1. The molecule has 0 fully saturated rings. The van der Waals surface area contributed by atoms with Crippen LogP contribution in [0.2, 0.25) is 0 Å². The third-order valence-corrected chi connectivity index (χ3v) is 3.80. The molecule has 2 aromatic rings. The van der Waals surface area contributed by atoms with Crippen molar-refractivity contribution in [2.75, 3.05) is 46.3 Å². The Morgan fingerprint density at radius 3 is 2.55 bits per heavy atom. The fourth-order valence-electron chi connectivity index (χ4n) is 1.91. The molecule has 0 unspecified atom stereocenters.